The molecule has 3 aromatic carbocycles. The molecule has 3 rings (SSSR count). The zero-order chi connectivity index (χ0) is 16.9. The second-order valence-corrected chi connectivity index (χ2v) is 5.54. The topological polar surface area (TPSA) is 46.2 Å². The van der Waals surface area contributed by atoms with Gasteiger partial charge in [-0.05, 0) is 41.1 Å². The lowest BCUT2D eigenvalue weighted by atomic mass is 10.0. The average Bonchev–Trinajstić information content (AvgIpc) is 2.61. The van der Waals surface area contributed by atoms with E-state index < -0.39 is 0 Å². The summed E-state index contributed by atoms with van der Waals surface area (Å²) < 4.78 is 12.8. The van der Waals surface area contributed by atoms with Crippen molar-refractivity contribution in [3.8, 4) is 0 Å². The first-order chi connectivity index (χ1) is 11.6. The van der Waals surface area contributed by atoms with Crippen LogP contribution in [0.25, 0.3) is 10.8 Å². The monoisotopic (exact) mass is 321 g/mol. The lowest BCUT2D eigenvalue weighted by Gasteiger charge is -2.06. The van der Waals surface area contributed by atoms with Crippen molar-refractivity contribution in [2.24, 2.45) is 0 Å². The zero-order valence-electron chi connectivity index (χ0n) is 13.0. The normalized spacial score (nSPS) is 10.5. The van der Waals surface area contributed by atoms with Gasteiger partial charge in [-0.15, -0.1) is 0 Å². The Hall–Kier alpha value is -3.01. The number of Topliss-reactive ketones (excluding diaryl/α,β-unsaturated/α-hetero) is 1. The largest absolute Gasteiger partial charge is 0.326 e. The lowest BCUT2D eigenvalue weighted by Crippen LogP contribution is -2.13. The standard InChI is InChI=1S/C20H16FNO2/c21-17-7-9-18(10-8-17)22-20(24)12-11-19(23)16-6-5-14-3-1-2-4-15(14)13-16/h1-10,13H,11-12H2,(H,22,24). The predicted octanol–water partition coefficient (Wildman–Crippen LogP) is 4.58. The van der Waals surface area contributed by atoms with Crippen LogP contribution < -0.4 is 5.32 Å². The quantitative estimate of drug-likeness (QED) is 0.699. The Morgan fingerprint density at radius 2 is 1.54 bits per heavy atom. The van der Waals surface area contributed by atoms with Crippen molar-refractivity contribution in [1.29, 1.82) is 0 Å². The Kier molecular flexibility index (Phi) is 4.66. The van der Waals surface area contributed by atoms with E-state index in [0.717, 1.165) is 10.8 Å². The number of amides is 1. The summed E-state index contributed by atoms with van der Waals surface area (Å²) in [6, 6.07) is 18.9. The number of fused-ring (bicyclic) bond motifs is 1. The van der Waals surface area contributed by atoms with Crippen molar-refractivity contribution in [3.05, 3.63) is 78.1 Å². The zero-order valence-corrected chi connectivity index (χ0v) is 13.0. The molecular formula is C20H16FNO2. The summed E-state index contributed by atoms with van der Waals surface area (Å²) in [5.74, 6) is -0.703. The molecule has 0 atom stereocenters. The van der Waals surface area contributed by atoms with Gasteiger partial charge in [-0.25, -0.2) is 4.39 Å². The van der Waals surface area contributed by atoms with Crippen LogP contribution in [0, 0.1) is 5.82 Å². The van der Waals surface area contributed by atoms with Gasteiger partial charge >= 0.3 is 0 Å². The van der Waals surface area contributed by atoms with Crippen molar-refractivity contribution in [3.63, 3.8) is 0 Å². The number of ketones is 1. The van der Waals surface area contributed by atoms with Crippen molar-refractivity contribution < 1.29 is 14.0 Å². The Morgan fingerprint density at radius 3 is 2.29 bits per heavy atom. The number of nitrogens with one attached hydrogen (secondary N) is 1. The van der Waals surface area contributed by atoms with E-state index in [4.69, 9.17) is 0 Å². The first-order valence-electron chi connectivity index (χ1n) is 7.69. The highest BCUT2D eigenvalue weighted by atomic mass is 19.1. The van der Waals surface area contributed by atoms with Crippen molar-refractivity contribution in [2.45, 2.75) is 12.8 Å². The third-order valence-electron chi connectivity index (χ3n) is 3.78. The fourth-order valence-corrected chi connectivity index (χ4v) is 2.49. The molecular weight excluding hydrogens is 305 g/mol. The maximum absolute atomic E-state index is 12.8. The Morgan fingerprint density at radius 1 is 0.833 bits per heavy atom. The summed E-state index contributed by atoms with van der Waals surface area (Å²) in [5, 5.41) is 4.72. The van der Waals surface area contributed by atoms with Gasteiger partial charge in [0.25, 0.3) is 0 Å². The van der Waals surface area contributed by atoms with E-state index in [2.05, 4.69) is 5.32 Å². The molecule has 4 heteroatoms. The van der Waals surface area contributed by atoms with Gasteiger partial charge in [0, 0.05) is 24.1 Å². The van der Waals surface area contributed by atoms with Gasteiger partial charge in [0.05, 0.1) is 0 Å². The molecule has 0 bridgehead atoms. The molecule has 0 unspecified atom stereocenters. The van der Waals surface area contributed by atoms with E-state index >= 15 is 0 Å². The number of carbonyl (C=O) groups excluding carboxylic acids is 2. The molecule has 120 valence electrons. The van der Waals surface area contributed by atoms with Gasteiger partial charge in [-0.1, -0.05) is 36.4 Å². The second-order valence-electron chi connectivity index (χ2n) is 5.54. The van der Waals surface area contributed by atoms with Crippen LogP contribution in [-0.4, -0.2) is 11.7 Å². The fraction of sp³-hybridized carbons (Fsp3) is 0.100. The van der Waals surface area contributed by atoms with E-state index in [1.54, 1.807) is 6.07 Å². The van der Waals surface area contributed by atoms with E-state index in [-0.39, 0.29) is 30.3 Å². The highest BCUT2D eigenvalue weighted by Gasteiger charge is 2.10. The number of anilines is 1. The summed E-state index contributed by atoms with van der Waals surface area (Å²) >= 11 is 0. The molecule has 0 fully saturated rings. The summed E-state index contributed by atoms with van der Waals surface area (Å²) in [5.41, 5.74) is 1.11. The molecule has 1 amide bonds. The summed E-state index contributed by atoms with van der Waals surface area (Å²) in [4.78, 5) is 24.1. The van der Waals surface area contributed by atoms with Crippen LogP contribution in [0.4, 0.5) is 10.1 Å². The SMILES string of the molecule is O=C(CCC(=O)c1ccc2ccccc2c1)Nc1ccc(F)cc1. The number of carbonyl (C=O) groups is 2. The minimum atomic E-state index is -0.362. The Labute approximate surface area is 139 Å². The van der Waals surface area contributed by atoms with Crippen LogP contribution in [-0.2, 0) is 4.79 Å². The van der Waals surface area contributed by atoms with Crippen LogP contribution in [0.3, 0.4) is 0 Å². The fourth-order valence-electron chi connectivity index (χ4n) is 2.49. The molecule has 1 N–H and O–H groups in total. The van der Waals surface area contributed by atoms with E-state index in [1.165, 1.54) is 24.3 Å². The number of hydrogen-bond donors (Lipinski definition) is 1. The first kappa shape index (κ1) is 15.9. The molecule has 24 heavy (non-hydrogen) atoms. The van der Waals surface area contributed by atoms with Gasteiger partial charge in [-0.3, -0.25) is 9.59 Å². The average molecular weight is 321 g/mol. The van der Waals surface area contributed by atoms with Crippen LogP contribution in [0.2, 0.25) is 0 Å². The molecule has 0 aliphatic rings. The Bertz CT molecular complexity index is 888. The molecule has 0 spiro atoms. The van der Waals surface area contributed by atoms with Gasteiger partial charge in [0.2, 0.25) is 5.91 Å². The highest BCUT2D eigenvalue weighted by Crippen LogP contribution is 2.17. The number of rotatable bonds is 5. The van der Waals surface area contributed by atoms with Gasteiger partial charge in [0.1, 0.15) is 5.82 Å². The maximum Gasteiger partial charge on any atom is 0.224 e. The van der Waals surface area contributed by atoms with Gasteiger partial charge in [-0.2, -0.15) is 0 Å². The van der Waals surface area contributed by atoms with Crippen LogP contribution in [0.5, 0.6) is 0 Å². The van der Waals surface area contributed by atoms with E-state index in [9.17, 15) is 14.0 Å². The summed E-state index contributed by atoms with van der Waals surface area (Å²) in [6.07, 6.45) is 0.217. The Balaban J connectivity index is 1.59. The molecule has 3 nitrogen and oxygen atoms in total. The maximum atomic E-state index is 12.8. The summed E-state index contributed by atoms with van der Waals surface area (Å²) in [7, 11) is 0. The van der Waals surface area contributed by atoms with Crippen LogP contribution >= 0.6 is 0 Å². The molecule has 0 aromatic heterocycles. The van der Waals surface area contributed by atoms with Crippen molar-refractivity contribution in [1.82, 2.24) is 0 Å². The molecule has 0 aliphatic carbocycles. The minimum absolute atomic E-state index is 0.0741. The first-order valence-corrected chi connectivity index (χ1v) is 7.69. The van der Waals surface area contributed by atoms with Gasteiger partial charge in [0.15, 0.2) is 5.78 Å². The minimum Gasteiger partial charge on any atom is -0.326 e. The number of hydrogen-bond acceptors (Lipinski definition) is 2. The van der Waals surface area contributed by atoms with Gasteiger partial charge < -0.3 is 5.32 Å². The van der Waals surface area contributed by atoms with Crippen molar-refractivity contribution >= 4 is 28.2 Å². The number of benzene rings is 3. The molecule has 0 aliphatic heterocycles. The number of halogens is 1. The molecule has 3 aromatic rings. The smallest absolute Gasteiger partial charge is 0.224 e. The lowest BCUT2D eigenvalue weighted by molar-refractivity contribution is -0.116. The molecule has 0 saturated carbocycles. The molecule has 0 heterocycles. The van der Waals surface area contributed by atoms with E-state index in [0.29, 0.717) is 11.3 Å². The summed E-state index contributed by atoms with van der Waals surface area (Å²) in [6.45, 7) is 0. The highest BCUT2D eigenvalue weighted by molar-refractivity contribution is 6.02. The molecule has 0 radical (unpaired) electrons. The van der Waals surface area contributed by atoms with Crippen molar-refractivity contribution in [2.75, 3.05) is 5.32 Å². The third kappa shape index (κ3) is 3.84. The van der Waals surface area contributed by atoms with E-state index in [1.807, 2.05) is 36.4 Å². The second kappa shape index (κ2) is 7.04. The van der Waals surface area contributed by atoms with Crippen LogP contribution in [0.15, 0.2) is 66.7 Å². The van der Waals surface area contributed by atoms with Crippen LogP contribution in [0.1, 0.15) is 23.2 Å². The predicted molar refractivity (Wildman–Crippen MR) is 92.5 cm³/mol. The third-order valence-corrected chi connectivity index (χ3v) is 3.78. The molecule has 0 saturated heterocycles.